The largest absolute Gasteiger partial charge is 0.338 e. The maximum absolute atomic E-state index is 14.0. The summed E-state index contributed by atoms with van der Waals surface area (Å²) in [6, 6.07) is 4.16. The zero-order chi connectivity index (χ0) is 11.5. The summed E-state index contributed by atoms with van der Waals surface area (Å²) in [6.45, 7) is 6.32. The molecule has 1 saturated heterocycles. The summed E-state index contributed by atoms with van der Waals surface area (Å²) in [5.41, 5.74) is 0.874. The van der Waals surface area contributed by atoms with E-state index in [1.54, 1.807) is 17.3 Å². The van der Waals surface area contributed by atoms with Crippen molar-refractivity contribution in [2.45, 2.75) is 26.2 Å². The van der Waals surface area contributed by atoms with Crippen molar-refractivity contribution >= 4 is 5.69 Å². The zero-order valence-electron chi connectivity index (χ0n) is 9.81. The molecular formula is C12H18FN3. The minimum atomic E-state index is -0.930. The van der Waals surface area contributed by atoms with E-state index in [1.165, 1.54) is 0 Å². The van der Waals surface area contributed by atoms with E-state index < -0.39 is 6.30 Å². The van der Waals surface area contributed by atoms with Gasteiger partial charge in [-0.15, -0.1) is 0 Å². The number of piperazine rings is 1. The predicted molar refractivity (Wildman–Crippen MR) is 63.2 cm³/mol. The lowest BCUT2D eigenvalue weighted by Gasteiger charge is -2.40. The van der Waals surface area contributed by atoms with Gasteiger partial charge in [-0.1, -0.05) is 0 Å². The summed E-state index contributed by atoms with van der Waals surface area (Å²) in [6.07, 6.45) is 2.50. The summed E-state index contributed by atoms with van der Waals surface area (Å²) in [5, 5.41) is 0. The van der Waals surface area contributed by atoms with Gasteiger partial charge in [-0.3, -0.25) is 9.88 Å². The van der Waals surface area contributed by atoms with Crippen LogP contribution in [0.3, 0.4) is 0 Å². The molecule has 0 aromatic carbocycles. The summed E-state index contributed by atoms with van der Waals surface area (Å²) < 4.78 is 14.0. The summed E-state index contributed by atoms with van der Waals surface area (Å²) in [7, 11) is 0. The molecule has 0 bridgehead atoms. The van der Waals surface area contributed by atoms with Gasteiger partial charge in [0.15, 0.2) is 6.30 Å². The Balaban J connectivity index is 2.05. The third kappa shape index (κ3) is 2.32. The highest BCUT2D eigenvalue weighted by atomic mass is 19.1. The molecule has 1 aliphatic rings. The number of pyridine rings is 1. The minimum absolute atomic E-state index is 0.411. The van der Waals surface area contributed by atoms with Crippen molar-refractivity contribution < 1.29 is 4.39 Å². The second-order valence-electron chi connectivity index (χ2n) is 4.43. The molecular weight excluding hydrogens is 205 g/mol. The molecule has 4 heteroatoms. The summed E-state index contributed by atoms with van der Waals surface area (Å²) >= 11 is 0. The Labute approximate surface area is 95.9 Å². The first-order valence-electron chi connectivity index (χ1n) is 5.73. The van der Waals surface area contributed by atoms with Crippen LogP contribution >= 0.6 is 0 Å². The normalized spacial score (nSPS) is 22.8. The molecule has 16 heavy (non-hydrogen) atoms. The molecule has 1 unspecified atom stereocenters. The van der Waals surface area contributed by atoms with Crippen LogP contribution < -0.4 is 4.90 Å². The molecule has 1 aromatic heterocycles. The number of halogens is 1. The number of nitrogens with zero attached hydrogens (tertiary/aromatic N) is 3. The Morgan fingerprint density at radius 2 is 2.25 bits per heavy atom. The maximum Gasteiger partial charge on any atom is 0.185 e. The van der Waals surface area contributed by atoms with Crippen LogP contribution in [0.15, 0.2) is 24.5 Å². The second-order valence-corrected chi connectivity index (χ2v) is 4.43. The number of rotatable bonds is 2. The van der Waals surface area contributed by atoms with Crippen LogP contribution in [-0.2, 0) is 0 Å². The monoisotopic (exact) mass is 223 g/mol. The molecule has 88 valence electrons. The molecule has 1 atom stereocenters. The van der Waals surface area contributed by atoms with E-state index >= 15 is 0 Å². The fraction of sp³-hybridized carbons (Fsp3) is 0.583. The predicted octanol–water partition coefficient (Wildman–Crippen LogP) is 1.91. The minimum Gasteiger partial charge on any atom is -0.338 e. The second kappa shape index (κ2) is 4.78. The average molecular weight is 223 g/mol. The van der Waals surface area contributed by atoms with Gasteiger partial charge in [0.1, 0.15) is 0 Å². The highest BCUT2D eigenvalue weighted by Crippen LogP contribution is 2.20. The van der Waals surface area contributed by atoms with Crippen LogP contribution in [0, 0.1) is 0 Å². The highest BCUT2D eigenvalue weighted by Gasteiger charge is 2.27. The highest BCUT2D eigenvalue weighted by molar-refractivity contribution is 5.44. The van der Waals surface area contributed by atoms with E-state index in [0.717, 1.165) is 18.8 Å². The van der Waals surface area contributed by atoms with Gasteiger partial charge in [0.2, 0.25) is 0 Å². The van der Waals surface area contributed by atoms with Gasteiger partial charge in [0.05, 0.1) is 11.9 Å². The third-order valence-corrected chi connectivity index (χ3v) is 3.06. The first-order valence-corrected chi connectivity index (χ1v) is 5.73. The van der Waals surface area contributed by atoms with E-state index in [1.807, 2.05) is 12.1 Å². The van der Waals surface area contributed by atoms with Crippen LogP contribution in [0.25, 0.3) is 0 Å². The Hall–Kier alpha value is -1.16. The van der Waals surface area contributed by atoms with E-state index in [4.69, 9.17) is 0 Å². The standard InChI is InChI=1S/C12H18FN3/c1-10(2)15-6-7-16(12(13)9-15)11-4-3-5-14-8-11/h3-5,8,10,12H,6-7,9H2,1-2H3. The van der Waals surface area contributed by atoms with E-state index in [0.29, 0.717) is 12.6 Å². The molecule has 0 spiro atoms. The lowest BCUT2D eigenvalue weighted by atomic mass is 10.2. The number of alkyl halides is 1. The van der Waals surface area contributed by atoms with E-state index in [-0.39, 0.29) is 0 Å². The third-order valence-electron chi connectivity index (χ3n) is 3.06. The summed E-state index contributed by atoms with van der Waals surface area (Å²) in [5.74, 6) is 0. The average Bonchev–Trinajstić information content (AvgIpc) is 2.30. The van der Waals surface area contributed by atoms with Crippen LogP contribution in [0.1, 0.15) is 13.8 Å². The van der Waals surface area contributed by atoms with Crippen molar-refractivity contribution in [1.29, 1.82) is 0 Å². The van der Waals surface area contributed by atoms with Gasteiger partial charge in [-0.2, -0.15) is 0 Å². The van der Waals surface area contributed by atoms with Gasteiger partial charge in [-0.25, -0.2) is 4.39 Å². The smallest absolute Gasteiger partial charge is 0.185 e. The molecule has 3 nitrogen and oxygen atoms in total. The van der Waals surface area contributed by atoms with Gasteiger partial charge in [-0.05, 0) is 26.0 Å². The van der Waals surface area contributed by atoms with Gasteiger partial charge in [0, 0.05) is 31.9 Å². The SMILES string of the molecule is CC(C)N1CCN(c2cccnc2)C(F)C1. The fourth-order valence-electron chi connectivity index (χ4n) is 2.04. The number of hydrogen-bond acceptors (Lipinski definition) is 3. The van der Waals surface area contributed by atoms with Crippen LogP contribution in [0.5, 0.6) is 0 Å². The quantitative estimate of drug-likeness (QED) is 0.714. The molecule has 2 rings (SSSR count). The lowest BCUT2D eigenvalue weighted by Crippen LogP contribution is -2.53. The zero-order valence-corrected chi connectivity index (χ0v) is 9.81. The molecule has 1 aliphatic heterocycles. The Morgan fingerprint density at radius 1 is 1.44 bits per heavy atom. The van der Waals surface area contributed by atoms with Crippen molar-refractivity contribution in [3.8, 4) is 0 Å². The first kappa shape index (κ1) is 11.3. The topological polar surface area (TPSA) is 19.4 Å². The van der Waals surface area contributed by atoms with Crippen LogP contribution in [-0.4, -0.2) is 41.9 Å². The number of anilines is 1. The molecule has 2 heterocycles. The van der Waals surface area contributed by atoms with E-state index in [9.17, 15) is 4.39 Å². The number of hydrogen-bond donors (Lipinski definition) is 0. The van der Waals surface area contributed by atoms with Gasteiger partial charge in [0.25, 0.3) is 0 Å². The number of aromatic nitrogens is 1. The fourth-order valence-corrected chi connectivity index (χ4v) is 2.04. The van der Waals surface area contributed by atoms with Crippen molar-refractivity contribution in [1.82, 2.24) is 9.88 Å². The van der Waals surface area contributed by atoms with Crippen molar-refractivity contribution in [3.63, 3.8) is 0 Å². The van der Waals surface area contributed by atoms with Gasteiger partial charge < -0.3 is 4.90 Å². The van der Waals surface area contributed by atoms with Crippen LogP contribution in [0.2, 0.25) is 0 Å². The Bertz CT molecular complexity index is 328. The first-order chi connectivity index (χ1) is 7.68. The Morgan fingerprint density at radius 3 is 2.81 bits per heavy atom. The lowest BCUT2D eigenvalue weighted by molar-refractivity contribution is 0.125. The molecule has 0 saturated carbocycles. The molecule has 1 aromatic rings. The Kier molecular flexibility index (Phi) is 3.39. The van der Waals surface area contributed by atoms with Crippen molar-refractivity contribution in [2.75, 3.05) is 24.5 Å². The summed E-state index contributed by atoms with van der Waals surface area (Å²) in [4.78, 5) is 7.97. The molecule has 1 fully saturated rings. The maximum atomic E-state index is 14.0. The van der Waals surface area contributed by atoms with Crippen molar-refractivity contribution in [2.24, 2.45) is 0 Å². The van der Waals surface area contributed by atoms with Gasteiger partial charge >= 0.3 is 0 Å². The molecule has 0 radical (unpaired) electrons. The van der Waals surface area contributed by atoms with Crippen LogP contribution in [0.4, 0.5) is 10.1 Å². The van der Waals surface area contributed by atoms with E-state index in [2.05, 4.69) is 23.7 Å². The molecule has 0 amide bonds. The molecule has 0 aliphatic carbocycles. The van der Waals surface area contributed by atoms with Crippen molar-refractivity contribution in [3.05, 3.63) is 24.5 Å². The molecule has 0 N–H and O–H groups in total.